The van der Waals surface area contributed by atoms with Gasteiger partial charge in [0.1, 0.15) is 5.78 Å². The van der Waals surface area contributed by atoms with Crippen LogP contribution in [0.3, 0.4) is 0 Å². The molecule has 0 aliphatic rings. The fourth-order valence-corrected chi connectivity index (χ4v) is 1.27. The minimum absolute atomic E-state index is 0.156. The van der Waals surface area contributed by atoms with Crippen LogP contribution < -0.4 is 0 Å². The fraction of sp³-hybridized carbons (Fsp3) is 0.727. The van der Waals surface area contributed by atoms with Crippen molar-refractivity contribution in [3.05, 3.63) is 11.7 Å². The van der Waals surface area contributed by atoms with Gasteiger partial charge < -0.3 is 4.52 Å². The van der Waals surface area contributed by atoms with Crippen LogP contribution in [0.4, 0.5) is 0 Å². The Bertz CT molecular complexity index is 329. The standard InChI is InChI=1S/C11H18N2O2/c1-7(2)5-9(14)6-10-12-11(8(3)4)13-15-10/h7-8H,5-6H2,1-4H3. The summed E-state index contributed by atoms with van der Waals surface area (Å²) in [6, 6.07) is 0. The number of ketones is 1. The molecule has 0 bridgehead atoms. The molecule has 0 aromatic carbocycles. The van der Waals surface area contributed by atoms with Gasteiger partial charge >= 0.3 is 0 Å². The SMILES string of the molecule is CC(C)CC(=O)Cc1nc(C(C)C)no1. The van der Waals surface area contributed by atoms with Gasteiger partial charge in [-0.2, -0.15) is 4.98 Å². The van der Waals surface area contributed by atoms with Crippen LogP contribution in [0.5, 0.6) is 0 Å². The number of aromatic nitrogens is 2. The van der Waals surface area contributed by atoms with E-state index in [0.29, 0.717) is 24.1 Å². The van der Waals surface area contributed by atoms with Crippen LogP contribution in [0.25, 0.3) is 0 Å². The monoisotopic (exact) mass is 210 g/mol. The van der Waals surface area contributed by atoms with Crippen molar-refractivity contribution >= 4 is 5.78 Å². The summed E-state index contributed by atoms with van der Waals surface area (Å²) in [6.45, 7) is 8.02. The van der Waals surface area contributed by atoms with Gasteiger partial charge in [0.05, 0.1) is 6.42 Å². The van der Waals surface area contributed by atoms with E-state index < -0.39 is 0 Å². The number of nitrogens with zero attached hydrogens (tertiary/aromatic N) is 2. The average molecular weight is 210 g/mol. The van der Waals surface area contributed by atoms with Crippen LogP contribution >= 0.6 is 0 Å². The Morgan fingerprint density at radius 1 is 1.33 bits per heavy atom. The van der Waals surface area contributed by atoms with E-state index >= 15 is 0 Å². The molecule has 1 aromatic heterocycles. The van der Waals surface area contributed by atoms with Gasteiger partial charge in [0.2, 0.25) is 5.89 Å². The van der Waals surface area contributed by atoms with Crippen molar-refractivity contribution in [3.8, 4) is 0 Å². The predicted octanol–water partition coefficient (Wildman–Crippen LogP) is 2.35. The maximum Gasteiger partial charge on any atom is 0.234 e. The summed E-state index contributed by atoms with van der Waals surface area (Å²) in [5.74, 6) is 1.88. The molecule has 4 heteroatoms. The molecule has 0 amide bonds. The van der Waals surface area contributed by atoms with Gasteiger partial charge in [-0.05, 0) is 5.92 Å². The minimum atomic E-state index is 0.156. The van der Waals surface area contributed by atoms with Gasteiger partial charge in [-0.3, -0.25) is 4.79 Å². The van der Waals surface area contributed by atoms with Crippen LogP contribution in [0.2, 0.25) is 0 Å². The predicted molar refractivity (Wildman–Crippen MR) is 56.6 cm³/mol. The number of hydrogen-bond acceptors (Lipinski definition) is 4. The molecule has 1 rings (SSSR count). The summed E-state index contributed by atoms with van der Waals surface area (Å²) in [4.78, 5) is 15.6. The normalized spacial score (nSPS) is 11.3. The molecule has 0 atom stereocenters. The first-order valence-corrected chi connectivity index (χ1v) is 5.33. The Hall–Kier alpha value is -1.19. The zero-order valence-electron chi connectivity index (χ0n) is 9.78. The van der Waals surface area contributed by atoms with Crippen molar-refractivity contribution in [3.63, 3.8) is 0 Å². The highest BCUT2D eigenvalue weighted by molar-refractivity contribution is 5.80. The molecule has 0 spiro atoms. The molecule has 0 saturated heterocycles. The molecule has 0 unspecified atom stereocenters. The van der Waals surface area contributed by atoms with Gasteiger partial charge in [-0.1, -0.05) is 32.9 Å². The smallest absolute Gasteiger partial charge is 0.234 e. The van der Waals surface area contributed by atoms with E-state index in [-0.39, 0.29) is 18.1 Å². The van der Waals surface area contributed by atoms with Crippen molar-refractivity contribution in [2.24, 2.45) is 5.92 Å². The van der Waals surface area contributed by atoms with Crippen molar-refractivity contribution in [2.45, 2.75) is 46.5 Å². The Labute approximate surface area is 90.1 Å². The van der Waals surface area contributed by atoms with E-state index in [2.05, 4.69) is 10.1 Å². The van der Waals surface area contributed by atoms with Crippen molar-refractivity contribution in [1.29, 1.82) is 0 Å². The summed E-state index contributed by atoms with van der Waals surface area (Å²) in [7, 11) is 0. The lowest BCUT2D eigenvalue weighted by Gasteiger charge is -2.00. The third-order valence-electron chi connectivity index (χ3n) is 1.98. The zero-order chi connectivity index (χ0) is 11.4. The maximum absolute atomic E-state index is 11.5. The number of carbonyl (C=O) groups excluding carboxylic acids is 1. The fourth-order valence-electron chi connectivity index (χ4n) is 1.27. The van der Waals surface area contributed by atoms with E-state index in [9.17, 15) is 4.79 Å². The Kier molecular flexibility index (Phi) is 4.00. The van der Waals surface area contributed by atoms with E-state index in [0.717, 1.165) is 0 Å². The highest BCUT2D eigenvalue weighted by Gasteiger charge is 2.13. The molecule has 15 heavy (non-hydrogen) atoms. The second-order valence-corrected chi connectivity index (χ2v) is 4.51. The molecule has 1 heterocycles. The quantitative estimate of drug-likeness (QED) is 0.748. The molecular formula is C11H18N2O2. The van der Waals surface area contributed by atoms with Crippen molar-refractivity contribution < 1.29 is 9.32 Å². The van der Waals surface area contributed by atoms with E-state index in [1.54, 1.807) is 0 Å². The van der Waals surface area contributed by atoms with Crippen LogP contribution in [0.1, 0.15) is 51.7 Å². The van der Waals surface area contributed by atoms with Crippen LogP contribution in [0.15, 0.2) is 4.52 Å². The topological polar surface area (TPSA) is 56.0 Å². The minimum Gasteiger partial charge on any atom is -0.339 e. The first-order chi connectivity index (χ1) is 6.99. The summed E-state index contributed by atoms with van der Waals surface area (Å²) in [5.41, 5.74) is 0. The molecule has 84 valence electrons. The zero-order valence-corrected chi connectivity index (χ0v) is 9.78. The van der Waals surface area contributed by atoms with Crippen molar-refractivity contribution in [1.82, 2.24) is 10.1 Å². The summed E-state index contributed by atoms with van der Waals surface area (Å²) in [6.07, 6.45) is 0.831. The highest BCUT2D eigenvalue weighted by Crippen LogP contribution is 2.11. The number of rotatable bonds is 5. The van der Waals surface area contributed by atoms with Crippen LogP contribution in [-0.4, -0.2) is 15.9 Å². The van der Waals surface area contributed by atoms with Gasteiger partial charge in [0.25, 0.3) is 0 Å². The molecule has 4 nitrogen and oxygen atoms in total. The van der Waals surface area contributed by atoms with Gasteiger partial charge in [-0.25, -0.2) is 0 Å². The molecular weight excluding hydrogens is 192 g/mol. The lowest BCUT2D eigenvalue weighted by atomic mass is 10.1. The number of carbonyl (C=O) groups is 1. The molecule has 0 saturated carbocycles. The molecule has 0 radical (unpaired) electrons. The van der Waals surface area contributed by atoms with Crippen LogP contribution in [0, 0.1) is 5.92 Å². The largest absolute Gasteiger partial charge is 0.339 e. The third-order valence-corrected chi connectivity index (χ3v) is 1.98. The lowest BCUT2D eigenvalue weighted by molar-refractivity contribution is -0.119. The highest BCUT2D eigenvalue weighted by atomic mass is 16.5. The second-order valence-electron chi connectivity index (χ2n) is 4.51. The number of hydrogen-bond donors (Lipinski definition) is 0. The Morgan fingerprint density at radius 3 is 2.47 bits per heavy atom. The lowest BCUT2D eigenvalue weighted by Crippen LogP contribution is -2.06. The molecule has 0 fully saturated rings. The van der Waals surface area contributed by atoms with E-state index in [1.165, 1.54) is 0 Å². The number of Topliss-reactive ketones (excluding diaryl/α,β-unsaturated/α-hetero) is 1. The average Bonchev–Trinajstić information content (AvgIpc) is 2.50. The van der Waals surface area contributed by atoms with Gasteiger partial charge in [0.15, 0.2) is 5.82 Å². The first kappa shape index (κ1) is 11.9. The third kappa shape index (κ3) is 3.81. The molecule has 0 N–H and O–H groups in total. The molecule has 0 aliphatic carbocycles. The van der Waals surface area contributed by atoms with Crippen molar-refractivity contribution in [2.75, 3.05) is 0 Å². The first-order valence-electron chi connectivity index (χ1n) is 5.33. The van der Waals surface area contributed by atoms with Gasteiger partial charge in [0, 0.05) is 12.3 Å². The van der Waals surface area contributed by atoms with Crippen LogP contribution in [-0.2, 0) is 11.2 Å². The maximum atomic E-state index is 11.5. The van der Waals surface area contributed by atoms with Gasteiger partial charge in [-0.15, -0.1) is 0 Å². The molecule has 0 aliphatic heterocycles. The van der Waals surface area contributed by atoms with E-state index in [1.807, 2.05) is 27.7 Å². The summed E-state index contributed by atoms with van der Waals surface area (Å²) < 4.78 is 5.00. The summed E-state index contributed by atoms with van der Waals surface area (Å²) >= 11 is 0. The Balaban J connectivity index is 2.53. The summed E-state index contributed by atoms with van der Waals surface area (Å²) in [5, 5.41) is 3.81. The Morgan fingerprint density at radius 2 is 2.00 bits per heavy atom. The second kappa shape index (κ2) is 5.05. The molecule has 1 aromatic rings. The van der Waals surface area contributed by atoms with E-state index in [4.69, 9.17) is 4.52 Å².